The number of rotatable bonds is 5. The fraction of sp³-hybridized carbons (Fsp3) is 0.108. The maximum atomic E-state index is 14.5. The normalized spacial score (nSPS) is 18.3. The summed E-state index contributed by atoms with van der Waals surface area (Å²) in [6.45, 7) is 3.64. The molecule has 0 aliphatic carbocycles. The zero-order chi connectivity index (χ0) is 34.0. The highest BCUT2D eigenvalue weighted by atomic mass is 127. The van der Waals surface area contributed by atoms with E-state index in [0.29, 0.717) is 53.7 Å². The van der Waals surface area contributed by atoms with E-state index in [-0.39, 0.29) is 17.4 Å². The number of aryl methyl sites for hydroxylation is 1. The number of carbonyl (C=O) groups is 1. The third kappa shape index (κ3) is 5.24. The lowest BCUT2D eigenvalue weighted by Crippen LogP contribution is -2.60. The molecule has 2 atom stereocenters. The number of aromatic nitrogens is 4. The number of nitrogens with zero attached hydrogens (tertiary/aromatic N) is 4. The van der Waals surface area contributed by atoms with Gasteiger partial charge in [0.15, 0.2) is 0 Å². The van der Waals surface area contributed by atoms with Crippen LogP contribution in [0.25, 0.3) is 22.6 Å². The van der Waals surface area contributed by atoms with E-state index in [1.165, 1.54) is 18.2 Å². The number of phenols is 1. The highest BCUT2D eigenvalue weighted by Crippen LogP contribution is 2.50. The van der Waals surface area contributed by atoms with Crippen molar-refractivity contribution in [1.82, 2.24) is 30.2 Å². The van der Waals surface area contributed by atoms with Gasteiger partial charge in [-0.2, -0.15) is 10.2 Å². The molecule has 8 rings (SSSR count). The lowest BCUT2D eigenvalue weighted by Gasteiger charge is -2.42. The zero-order valence-corrected chi connectivity index (χ0v) is 29.0. The number of halogens is 3. The lowest BCUT2D eigenvalue weighted by molar-refractivity contribution is -0.121. The van der Waals surface area contributed by atoms with Crippen LogP contribution in [0.15, 0.2) is 115 Å². The molecule has 4 heterocycles. The molecule has 6 aromatic rings. The van der Waals surface area contributed by atoms with Gasteiger partial charge in [0.2, 0.25) is 11.8 Å². The number of nitrogens with one attached hydrogen (secondary N) is 2. The van der Waals surface area contributed by atoms with E-state index >= 15 is 0 Å². The Morgan fingerprint density at radius 1 is 0.959 bits per heavy atom. The van der Waals surface area contributed by atoms with Crippen LogP contribution in [0.4, 0.5) is 4.39 Å². The minimum atomic E-state index is -1.27. The Kier molecular flexibility index (Phi) is 7.49. The lowest BCUT2D eigenvalue weighted by atomic mass is 9.81. The predicted molar refractivity (Wildman–Crippen MR) is 191 cm³/mol. The first-order valence-corrected chi connectivity index (χ1v) is 16.8. The summed E-state index contributed by atoms with van der Waals surface area (Å²) in [6.07, 6.45) is 1.90. The van der Waals surface area contributed by atoms with Gasteiger partial charge in [-0.05, 0) is 97.1 Å². The summed E-state index contributed by atoms with van der Waals surface area (Å²) in [5.41, 5.74) is 4.33. The van der Waals surface area contributed by atoms with Gasteiger partial charge in [-0.15, -0.1) is 0 Å². The fourth-order valence-electron chi connectivity index (χ4n) is 6.51. The van der Waals surface area contributed by atoms with Gasteiger partial charge in [-0.3, -0.25) is 4.79 Å². The highest BCUT2D eigenvalue weighted by molar-refractivity contribution is 14.1. The van der Waals surface area contributed by atoms with Crippen molar-refractivity contribution >= 4 is 40.1 Å². The van der Waals surface area contributed by atoms with E-state index in [0.717, 1.165) is 11.4 Å². The molecule has 0 spiro atoms. The van der Waals surface area contributed by atoms with Gasteiger partial charge in [-0.25, -0.2) is 13.8 Å². The minimum absolute atomic E-state index is 0.0248. The molecule has 0 bridgehead atoms. The van der Waals surface area contributed by atoms with Crippen molar-refractivity contribution in [2.24, 2.45) is 0 Å². The standard InChI is InChI=1S/C37H27ClFIN6O3/c1-20-30-31(25-19-45(23-9-5-3-6-10-23)44-33(25)21-13-15-22(39)16-14-21)32-34(48)41-37(2,26-17-29(47)28(40)18-27(26)38)42-35(32)49-36(30)46(43-20)24-11-7-4-8-12-24/h3-19,31,42,47H,1-2H3,(H,41,48). The maximum Gasteiger partial charge on any atom is 0.255 e. The van der Waals surface area contributed by atoms with Crippen LogP contribution in [0.3, 0.4) is 0 Å². The molecule has 2 unspecified atom stereocenters. The number of hydrogen-bond donors (Lipinski definition) is 3. The van der Waals surface area contributed by atoms with Crippen LogP contribution in [0.1, 0.15) is 35.2 Å². The fourth-order valence-corrected chi connectivity index (χ4v) is 7.51. The topological polar surface area (TPSA) is 106 Å². The predicted octanol–water partition coefficient (Wildman–Crippen LogP) is 7.46. The van der Waals surface area contributed by atoms with E-state index in [1.807, 2.05) is 96.4 Å². The van der Waals surface area contributed by atoms with Crippen LogP contribution in [0.5, 0.6) is 11.6 Å². The summed E-state index contributed by atoms with van der Waals surface area (Å²) in [6, 6.07) is 28.5. The second-order valence-electron chi connectivity index (χ2n) is 12.0. The summed E-state index contributed by atoms with van der Waals surface area (Å²) in [5.74, 6) is -0.853. The van der Waals surface area contributed by atoms with Crippen molar-refractivity contribution in [2.75, 3.05) is 0 Å². The number of para-hydroxylation sites is 2. The SMILES string of the molecule is Cc1nn(-c2ccccc2)c2c1C(c1cn(-c3ccccc3)nc1-c1ccc(F)cc1)C1=C(NC(C)(c3cc(O)c(I)cc3Cl)NC1=O)O2. The Balaban J connectivity index is 1.38. The molecule has 2 aliphatic heterocycles. The number of phenolic OH excluding ortho intramolecular Hbond substituents is 1. The molecule has 0 saturated carbocycles. The molecule has 4 aromatic carbocycles. The van der Waals surface area contributed by atoms with Crippen LogP contribution in [-0.4, -0.2) is 30.6 Å². The van der Waals surface area contributed by atoms with E-state index in [1.54, 1.807) is 34.5 Å². The smallest absolute Gasteiger partial charge is 0.255 e. The third-order valence-corrected chi connectivity index (χ3v) is 10.00. The Bertz CT molecular complexity index is 2310. The van der Waals surface area contributed by atoms with Gasteiger partial charge in [0.25, 0.3) is 5.91 Å². The molecule has 12 heteroatoms. The number of ether oxygens (including phenoxy) is 1. The Morgan fingerprint density at radius 3 is 2.33 bits per heavy atom. The largest absolute Gasteiger partial charge is 0.507 e. The van der Waals surface area contributed by atoms with Crippen LogP contribution in [-0.2, 0) is 10.5 Å². The molecule has 0 fully saturated rings. The summed E-state index contributed by atoms with van der Waals surface area (Å²) in [4.78, 5) is 14.5. The summed E-state index contributed by atoms with van der Waals surface area (Å²) < 4.78 is 24.9. The number of amides is 1. The molecule has 2 aromatic heterocycles. The van der Waals surface area contributed by atoms with Gasteiger partial charge in [0.1, 0.15) is 17.2 Å². The number of aromatic hydroxyl groups is 1. The van der Waals surface area contributed by atoms with Gasteiger partial charge in [0.05, 0.1) is 43.4 Å². The Labute approximate surface area is 299 Å². The van der Waals surface area contributed by atoms with Gasteiger partial charge in [0, 0.05) is 27.9 Å². The summed E-state index contributed by atoms with van der Waals surface area (Å²) >= 11 is 8.70. The monoisotopic (exact) mass is 784 g/mol. The summed E-state index contributed by atoms with van der Waals surface area (Å²) in [5, 5.41) is 27.4. The minimum Gasteiger partial charge on any atom is -0.507 e. The van der Waals surface area contributed by atoms with Gasteiger partial charge in [-0.1, -0.05) is 48.0 Å². The third-order valence-electron chi connectivity index (χ3n) is 8.82. The number of benzene rings is 4. The highest BCUT2D eigenvalue weighted by Gasteiger charge is 2.48. The van der Waals surface area contributed by atoms with E-state index in [2.05, 4.69) is 10.6 Å². The van der Waals surface area contributed by atoms with Crippen molar-refractivity contribution in [2.45, 2.75) is 25.4 Å². The first-order chi connectivity index (χ1) is 23.6. The van der Waals surface area contributed by atoms with E-state index < -0.39 is 17.5 Å². The van der Waals surface area contributed by atoms with Crippen molar-refractivity contribution < 1.29 is 19.0 Å². The van der Waals surface area contributed by atoms with Crippen molar-refractivity contribution in [3.05, 3.63) is 152 Å². The molecular weight excluding hydrogens is 758 g/mol. The molecule has 3 N–H and O–H groups in total. The first-order valence-electron chi connectivity index (χ1n) is 15.4. The Morgan fingerprint density at radius 2 is 1.63 bits per heavy atom. The molecule has 9 nitrogen and oxygen atoms in total. The van der Waals surface area contributed by atoms with Crippen LogP contribution < -0.4 is 15.4 Å². The molecule has 0 saturated heterocycles. The van der Waals surface area contributed by atoms with Crippen LogP contribution in [0.2, 0.25) is 5.02 Å². The van der Waals surface area contributed by atoms with E-state index in [9.17, 15) is 14.3 Å². The summed E-state index contributed by atoms with van der Waals surface area (Å²) in [7, 11) is 0. The second kappa shape index (κ2) is 11.8. The molecule has 0 radical (unpaired) electrons. The van der Waals surface area contributed by atoms with Crippen LogP contribution in [0, 0.1) is 16.3 Å². The van der Waals surface area contributed by atoms with E-state index in [4.69, 9.17) is 26.5 Å². The molecule has 49 heavy (non-hydrogen) atoms. The Hall–Kier alpha value is -5.14. The maximum absolute atomic E-state index is 14.5. The molecule has 1 amide bonds. The average molecular weight is 785 g/mol. The second-order valence-corrected chi connectivity index (χ2v) is 13.6. The quantitative estimate of drug-likeness (QED) is 0.157. The number of fused-ring (bicyclic) bond motifs is 1. The molecule has 244 valence electrons. The first kappa shape index (κ1) is 31.1. The van der Waals surface area contributed by atoms with Crippen molar-refractivity contribution in [3.63, 3.8) is 0 Å². The van der Waals surface area contributed by atoms with Gasteiger partial charge < -0.3 is 20.5 Å². The number of hydrogen-bond acceptors (Lipinski definition) is 6. The van der Waals surface area contributed by atoms with Crippen molar-refractivity contribution in [3.8, 4) is 34.3 Å². The van der Waals surface area contributed by atoms with Crippen molar-refractivity contribution in [1.29, 1.82) is 0 Å². The molecular formula is C37H27ClFIN6O3. The average Bonchev–Trinajstić information content (AvgIpc) is 3.68. The zero-order valence-electron chi connectivity index (χ0n) is 26.1. The van der Waals surface area contributed by atoms with Gasteiger partial charge >= 0.3 is 0 Å². The van der Waals surface area contributed by atoms with Crippen LogP contribution >= 0.6 is 34.2 Å². The molecule has 2 aliphatic rings. The number of carbonyl (C=O) groups excluding carboxylic acids is 1.